The summed E-state index contributed by atoms with van der Waals surface area (Å²) in [4.78, 5) is 2.48. The van der Waals surface area contributed by atoms with E-state index in [0.29, 0.717) is 6.04 Å². The molecule has 0 bridgehead atoms. The average Bonchev–Trinajstić information content (AvgIpc) is 2.92. The topological polar surface area (TPSA) is 30.5 Å². The van der Waals surface area contributed by atoms with Crippen molar-refractivity contribution in [3.63, 3.8) is 0 Å². The second kappa shape index (κ2) is 5.32. The summed E-state index contributed by atoms with van der Waals surface area (Å²) in [5.41, 5.74) is 14.1. The Morgan fingerprint density at radius 3 is 2.43 bits per heavy atom. The van der Waals surface area contributed by atoms with E-state index >= 15 is 0 Å². The van der Waals surface area contributed by atoms with Crippen molar-refractivity contribution in [1.82, 2.24) is 16.0 Å². The number of benzene rings is 2. The van der Waals surface area contributed by atoms with Crippen molar-refractivity contribution in [2.75, 3.05) is 11.9 Å². The normalized spacial score (nSPS) is 16.5. The Hall–Kier alpha value is -2.46. The average molecular weight is 306 g/mol. The number of nitrogens with one attached hydrogen (secondary N) is 2. The molecule has 0 radical (unpaired) electrons. The van der Waals surface area contributed by atoms with Crippen molar-refractivity contribution in [3.05, 3.63) is 65.2 Å². The molecule has 0 spiro atoms. The van der Waals surface area contributed by atoms with Crippen LogP contribution in [0.2, 0.25) is 0 Å². The van der Waals surface area contributed by atoms with Crippen molar-refractivity contribution in [2.45, 2.75) is 26.4 Å². The Morgan fingerprint density at radius 2 is 1.65 bits per heavy atom. The highest BCUT2D eigenvalue weighted by atomic mass is 15.7. The van der Waals surface area contributed by atoms with Crippen LogP contribution in [0.1, 0.15) is 30.5 Å². The molecule has 23 heavy (non-hydrogen) atoms. The van der Waals surface area contributed by atoms with E-state index in [4.69, 9.17) is 0 Å². The van der Waals surface area contributed by atoms with Gasteiger partial charge in [-0.2, -0.15) is 0 Å². The summed E-state index contributed by atoms with van der Waals surface area (Å²) in [7, 11) is 2.05. The summed E-state index contributed by atoms with van der Waals surface area (Å²) < 4.78 is 0. The van der Waals surface area contributed by atoms with E-state index in [1.165, 1.54) is 28.1 Å². The van der Waals surface area contributed by atoms with E-state index in [9.17, 15) is 0 Å². The molecule has 0 saturated heterocycles. The molecule has 2 aliphatic rings. The molecule has 0 aromatic heterocycles. The van der Waals surface area contributed by atoms with Gasteiger partial charge in [0.25, 0.3) is 0 Å². The fraction of sp³-hybridized carbons (Fsp3) is 0.263. The molecule has 118 valence electrons. The zero-order valence-electron chi connectivity index (χ0n) is 13.8. The minimum Gasteiger partial charge on any atom is -0.364 e. The first-order valence-electron chi connectivity index (χ1n) is 8.11. The van der Waals surface area contributed by atoms with Crippen molar-refractivity contribution in [2.24, 2.45) is 0 Å². The fourth-order valence-corrected chi connectivity index (χ4v) is 3.49. The van der Waals surface area contributed by atoms with Crippen LogP contribution in [-0.2, 0) is 6.54 Å². The largest absolute Gasteiger partial charge is 0.364 e. The van der Waals surface area contributed by atoms with E-state index in [-0.39, 0.29) is 0 Å². The maximum absolute atomic E-state index is 3.35. The lowest BCUT2D eigenvalue weighted by atomic mass is 9.95. The second-order valence-electron chi connectivity index (χ2n) is 6.42. The Labute approximate surface area is 137 Å². The minimum absolute atomic E-state index is 0.430. The zero-order chi connectivity index (χ0) is 16.0. The van der Waals surface area contributed by atoms with Crippen LogP contribution in [0.15, 0.2) is 48.5 Å². The van der Waals surface area contributed by atoms with Crippen LogP contribution in [0, 0.1) is 0 Å². The van der Waals surface area contributed by atoms with E-state index in [1.807, 2.05) is 0 Å². The third-order valence-corrected chi connectivity index (χ3v) is 4.64. The number of hydrogen-bond acceptors (Lipinski definition) is 4. The third kappa shape index (κ3) is 2.18. The van der Waals surface area contributed by atoms with Gasteiger partial charge in [-0.05, 0) is 25.5 Å². The van der Waals surface area contributed by atoms with Crippen molar-refractivity contribution >= 4 is 17.1 Å². The van der Waals surface area contributed by atoms with Gasteiger partial charge in [0.2, 0.25) is 0 Å². The molecule has 0 saturated carbocycles. The van der Waals surface area contributed by atoms with Gasteiger partial charge in [-0.15, -0.1) is 5.53 Å². The highest BCUT2D eigenvalue weighted by molar-refractivity contribution is 5.95. The lowest BCUT2D eigenvalue weighted by Crippen LogP contribution is -2.34. The number of anilines is 1. The van der Waals surface area contributed by atoms with E-state index in [0.717, 1.165) is 12.2 Å². The molecule has 2 aromatic carbocycles. The van der Waals surface area contributed by atoms with Crippen LogP contribution in [0.3, 0.4) is 0 Å². The summed E-state index contributed by atoms with van der Waals surface area (Å²) in [5.74, 6) is 0. The van der Waals surface area contributed by atoms with Gasteiger partial charge in [-0.3, -0.25) is 5.01 Å². The maximum Gasteiger partial charge on any atom is 0.0878 e. The summed E-state index contributed by atoms with van der Waals surface area (Å²) in [6.45, 7) is 5.42. The van der Waals surface area contributed by atoms with Crippen molar-refractivity contribution < 1.29 is 0 Å². The monoisotopic (exact) mass is 306 g/mol. The van der Waals surface area contributed by atoms with Gasteiger partial charge in [0.15, 0.2) is 0 Å². The molecular weight excluding hydrogens is 284 g/mol. The third-order valence-electron chi connectivity index (χ3n) is 4.64. The highest BCUT2D eigenvalue weighted by Crippen LogP contribution is 2.39. The molecule has 2 N–H and O–H groups in total. The molecule has 0 unspecified atom stereocenters. The Bertz CT molecular complexity index is 778. The van der Waals surface area contributed by atoms with Crippen LogP contribution >= 0.6 is 0 Å². The molecule has 4 rings (SSSR count). The van der Waals surface area contributed by atoms with Gasteiger partial charge >= 0.3 is 0 Å². The first kappa shape index (κ1) is 14.2. The Balaban J connectivity index is 2.04. The molecule has 2 aromatic rings. The molecule has 4 heteroatoms. The second-order valence-corrected chi connectivity index (χ2v) is 6.42. The van der Waals surface area contributed by atoms with E-state index in [2.05, 4.69) is 90.3 Å². The zero-order valence-corrected chi connectivity index (χ0v) is 13.8. The van der Waals surface area contributed by atoms with Gasteiger partial charge < -0.3 is 10.3 Å². The molecule has 0 aliphatic carbocycles. The highest BCUT2D eigenvalue weighted by Gasteiger charge is 2.29. The summed E-state index contributed by atoms with van der Waals surface area (Å²) in [6, 6.07) is 17.7. The quantitative estimate of drug-likeness (QED) is 0.847. The molecule has 2 aliphatic heterocycles. The molecular formula is C19H22N4. The smallest absolute Gasteiger partial charge is 0.0878 e. The predicted octanol–water partition coefficient (Wildman–Crippen LogP) is 3.20. The van der Waals surface area contributed by atoms with Crippen LogP contribution in [0.5, 0.6) is 0 Å². The first-order valence-corrected chi connectivity index (χ1v) is 8.11. The summed E-state index contributed by atoms with van der Waals surface area (Å²) in [5, 5.41) is 2.06. The number of hydrogen-bond donors (Lipinski definition) is 2. The van der Waals surface area contributed by atoms with Crippen molar-refractivity contribution in [1.29, 1.82) is 0 Å². The number of hydrazine groups is 2. The molecule has 0 amide bonds. The van der Waals surface area contributed by atoms with Gasteiger partial charge in [-0.25, -0.2) is 0 Å². The standard InChI is InChI=1S/C19H22N4/c1-13(2)23-12-14-8-4-5-9-15(14)18-19(22(3)21-20-18)16-10-6-7-11-17(16)23/h4-11,13,20-21H,12H2,1-3H3. The number of rotatable bonds is 1. The van der Waals surface area contributed by atoms with E-state index in [1.54, 1.807) is 0 Å². The van der Waals surface area contributed by atoms with Gasteiger partial charge in [0.05, 0.1) is 11.4 Å². The molecule has 4 nitrogen and oxygen atoms in total. The molecule has 0 fully saturated rings. The number of para-hydroxylation sites is 1. The Morgan fingerprint density at radius 1 is 0.957 bits per heavy atom. The lowest BCUT2D eigenvalue weighted by Gasteiger charge is -2.34. The maximum atomic E-state index is 3.35. The summed E-state index contributed by atoms with van der Waals surface area (Å²) in [6.07, 6.45) is 0. The Kier molecular flexibility index (Phi) is 3.27. The minimum atomic E-state index is 0.430. The van der Waals surface area contributed by atoms with Crippen LogP contribution in [0.4, 0.5) is 5.69 Å². The first-order chi connectivity index (χ1) is 11.2. The molecule has 2 heterocycles. The summed E-state index contributed by atoms with van der Waals surface area (Å²) >= 11 is 0. The van der Waals surface area contributed by atoms with Crippen molar-refractivity contribution in [3.8, 4) is 0 Å². The number of nitrogens with zero attached hydrogens (tertiary/aromatic N) is 2. The number of fused-ring (bicyclic) bond motifs is 4. The van der Waals surface area contributed by atoms with Crippen LogP contribution in [-0.4, -0.2) is 18.1 Å². The SMILES string of the molecule is CC(C)N1Cc2ccccc2C2=C(c3ccccc31)N(C)NN2. The van der Waals surface area contributed by atoms with Crippen LogP contribution < -0.4 is 15.9 Å². The predicted molar refractivity (Wildman–Crippen MR) is 95.1 cm³/mol. The fourth-order valence-electron chi connectivity index (χ4n) is 3.49. The van der Waals surface area contributed by atoms with Gasteiger partial charge in [0.1, 0.15) is 0 Å². The van der Waals surface area contributed by atoms with Gasteiger partial charge in [-0.1, -0.05) is 42.5 Å². The van der Waals surface area contributed by atoms with Gasteiger partial charge in [0, 0.05) is 36.4 Å². The molecule has 0 atom stereocenters. The van der Waals surface area contributed by atoms with Crippen LogP contribution in [0.25, 0.3) is 11.4 Å². The van der Waals surface area contributed by atoms with E-state index < -0.39 is 0 Å². The lowest BCUT2D eigenvalue weighted by molar-refractivity contribution is 0.346.